The van der Waals surface area contributed by atoms with Crippen LogP contribution in [0, 0.1) is 0 Å². The monoisotopic (exact) mass is 412 g/mol. The van der Waals surface area contributed by atoms with E-state index in [0.29, 0.717) is 6.61 Å². The van der Waals surface area contributed by atoms with Crippen molar-refractivity contribution in [3.05, 3.63) is 94.4 Å². The lowest BCUT2D eigenvalue weighted by atomic mass is 10.1. The first kappa shape index (κ1) is 18.6. The second kappa shape index (κ2) is 8.13. The maximum atomic E-state index is 5.84. The quantitative estimate of drug-likeness (QED) is 0.319. The average Bonchev–Trinajstić information content (AvgIpc) is 3.34. The molecule has 1 heterocycles. The van der Waals surface area contributed by atoms with Gasteiger partial charge in [-0.05, 0) is 59.2 Å². The molecule has 5 heteroatoms. The molecular formula is C25H20N2O2S. The molecule has 0 fully saturated rings. The SMILES string of the molecule is COc1ccc2c(c1)Cc1sc(N=Cc3ccc(OCc4ccccc4)cc3)nc1-2. The van der Waals surface area contributed by atoms with Crippen LogP contribution < -0.4 is 9.47 Å². The number of hydrogen-bond donors (Lipinski definition) is 0. The van der Waals surface area contributed by atoms with Gasteiger partial charge in [0.25, 0.3) is 0 Å². The van der Waals surface area contributed by atoms with Crippen molar-refractivity contribution in [1.29, 1.82) is 0 Å². The van der Waals surface area contributed by atoms with Gasteiger partial charge in [0, 0.05) is 23.1 Å². The smallest absolute Gasteiger partial charge is 0.209 e. The van der Waals surface area contributed by atoms with E-state index in [4.69, 9.17) is 14.5 Å². The van der Waals surface area contributed by atoms with Crippen molar-refractivity contribution in [2.45, 2.75) is 13.0 Å². The lowest BCUT2D eigenvalue weighted by Crippen LogP contribution is -1.94. The second-order valence-electron chi connectivity index (χ2n) is 7.07. The van der Waals surface area contributed by atoms with Crippen LogP contribution in [0.15, 0.2) is 77.8 Å². The summed E-state index contributed by atoms with van der Waals surface area (Å²) in [5, 5.41) is 0.783. The van der Waals surface area contributed by atoms with Gasteiger partial charge in [0.2, 0.25) is 5.13 Å². The molecule has 0 saturated heterocycles. The van der Waals surface area contributed by atoms with Gasteiger partial charge in [-0.2, -0.15) is 0 Å². The van der Waals surface area contributed by atoms with Crippen LogP contribution in [0.4, 0.5) is 5.13 Å². The third kappa shape index (κ3) is 3.84. The molecule has 30 heavy (non-hydrogen) atoms. The first-order chi connectivity index (χ1) is 14.8. The summed E-state index contributed by atoms with van der Waals surface area (Å²) in [6.45, 7) is 0.562. The van der Waals surface area contributed by atoms with Crippen LogP contribution in [0.2, 0.25) is 0 Å². The Bertz CT molecular complexity index is 1200. The van der Waals surface area contributed by atoms with Crippen LogP contribution in [-0.4, -0.2) is 18.3 Å². The fourth-order valence-electron chi connectivity index (χ4n) is 3.49. The molecule has 4 aromatic rings. The minimum absolute atomic E-state index is 0.562. The highest BCUT2D eigenvalue weighted by atomic mass is 32.1. The zero-order valence-corrected chi connectivity index (χ0v) is 17.4. The highest BCUT2D eigenvalue weighted by molar-refractivity contribution is 7.15. The van der Waals surface area contributed by atoms with Crippen LogP contribution in [0.1, 0.15) is 21.6 Å². The molecular weight excluding hydrogens is 392 g/mol. The van der Waals surface area contributed by atoms with E-state index >= 15 is 0 Å². The number of nitrogens with zero attached hydrogens (tertiary/aromatic N) is 2. The minimum Gasteiger partial charge on any atom is -0.497 e. The van der Waals surface area contributed by atoms with E-state index in [9.17, 15) is 0 Å². The Balaban J connectivity index is 1.25. The number of aromatic nitrogens is 1. The standard InChI is InChI=1S/C25H20N2O2S/c1-28-21-11-12-22-19(13-21)14-23-24(22)27-25(30-23)26-15-17-7-9-20(10-8-17)29-16-18-5-3-2-4-6-18/h2-13,15H,14,16H2,1H3. The number of ether oxygens (including phenoxy) is 2. The number of benzene rings is 3. The lowest BCUT2D eigenvalue weighted by Gasteiger charge is -2.06. The number of fused-ring (bicyclic) bond motifs is 3. The molecule has 0 unspecified atom stereocenters. The van der Waals surface area contributed by atoms with E-state index < -0.39 is 0 Å². The third-order valence-corrected chi connectivity index (χ3v) is 6.02. The Morgan fingerprint density at radius 3 is 2.60 bits per heavy atom. The highest BCUT2D eigenvalue weighted by Crippen LogP contribution is 2.42. The van der Waals surface area contributed by atoms with Crippen molar-refractivity contribution < 1.29 is 9.47 Å². The third-order valence-electron chi connectivity index (χ3n) is 5.06. The average molecular weight is 413 g/mol. The van der Waals surface area contributed by atoms with Crippen molar-refractivity contribution in [3.8, 4) is 22.8 Å². The lowest BCUT2D eigenvalue weighted by molar-refractivity contribution is 0.306. The molecule has 148 valence electrons. The molecule has 0 radical (unpaired) electrons. The van der Waals surface area contributed by atoms with Crippen molar-refractivity contribution in [2.24, 2.45) is 4.99 Å². The largest absolute Gasteiger partial charge is 0.497 e. The fraction of sp³-hybridized carbons (Fsp3) is 0.120. The molecule has 0 atom stereocenters. The molecule has 0 aliphatic heterocycles. The zero-order valence-electron chi connectivity index (χ0n) is 16.5. The Kier molecular flexibility index (Phi) is 5.03. The number of hydrogen-bond acceptors (Lipinski definition) is 5. The Morgan fingerprint density at radius 1 is 1.00 bits per heavy atom. The van der Waals surface area contributed by atoms with Gasteiger partial charge in [-0.1, -0.05) is 41.7 Å². The molecule has 0 bridgehead atoms. The van der Waals surface area contributed by atoms with Crippen molar-refractivity contribution in [1.82, 2.24) is 4.98 Å². The molecule has 5 rings (SSSR count). The predicted molar refractivity (Wildman–Crippen MR) is 121 cm³/mol. The van der Waals surface area contributed by atoms with Gasteiger partial charge in [-0.3, -0.25) is 0 Å². The van der Waals surface area contributed by atoms with Crippen LogP contribution >= 0.6 is 11.3 Å². The van der Waals surface area contributed by atoms with E-state index in [1.807, 2.05) is 54.7 Å². The van der Waals surface area contributed by atoms with E-state index in [1.165, 1.54) is 16.0 Å². The fourth-order valence-corrected chi connectivity index (χ4v) is 4.44. The molecule has 1 aromatic heterocycles. The first-order valence-electron chi connectivity index (χ1n) is 9.76. The van der Waals surface area contributed by atoms with Crippen LogP contribution in [0.25, 0.3) is 11.3 Å². The molecule has 3 aromatic carbocycles. The van der Waals surface area contributed by atoms with Crippen LogP contribution in [-0.2, 0) is 13.0 Å². The minimum atomic E-state index is 0.562. The van der Waals surface area contributed by atoms with Gasteiger partial charge in [-0.15, -0.1) is 0 Å². The maximum absolute atomic E-state index is 5.84. The van der Waals surface area contributed by atoms with Gasteiger partial charge < -0.3 is 9.47 Å². The summed E-state index contributed by atoms with van der Waals surface area (Å²) >= 11 is 1.65. The molecule has 0 N–H and O–H groups in total. The van der Waals surface area contributed by atoms with Gasteiger partial charge in [0.1, 0.15) is 18.1 Å². The summed E-state index contributed by atoms with van der Waals surface area (Å²) in [7, 11) is 1.69. The molecule has 0 saturated carbocycles. The van der Waals surface area contributed by atoms with Gasteiger partial charge in [0.05, 0.1) is 12.8 Å². The molecule has 1 aliphatic carbocycles. The number of rotatable bonds is 6. The van der Waals surface area contributed by atoms with Gasteiger partial charge in [-0.25, -0.2) is 9.98 Å². The zero-order chi connectivity index (χ0) is 20.3. The second-order valence-corrected chi connectivity index (χ2v) is 8.13. The molecule has 0 spiro atoms. The summed E-state index contributed by atoms with van der Waals surface area (Å²) in [4.78, 5) is 10.6. The summed E-state index contributed by atoms with van der Waals surface area (Å²) < 4.78 is 11.2. The first-order valence-corrected chi connectivity index (χ1v) is 10.6. The molecule has 0 amide bonds. The van der Waals surface area contributed by atoms with Crippen LogP contribution in [0.5, 0.6) is 11.5 Å². The maximum Gasteiger partial charge on any atom is 0.209 e. The van der Waals surface area contributed by atoms with Gasteiger partial charge in [0.15, 0.2) is 0 Å². The van der Waals surface area contributed by atoms with Crippen LogP contribution in [0.3, 0.4) is 0 Å². The normalized spacial score (nSPS) is 12.0. The topological polar surface area (TPSA) is 43.7 Å². The number of methoxy groups -OCH3 is 1. The van der Waals surface area contributed by atoms with E-state index in [0.717, 1.165) is 39.9 Å². The highest BCUT2D eigenvalue weighted by Gasteiger charge is 2.23. The van der Waals surface area contributed by atoms with Gasteiger partial charge >= 0.3 is 0 Å². The number of thiazole rings is 1. The predicted octanol–water partition coefficient (Wildman–Crippen LogP) is 6.05. The summed E-state index contributed by atoms with van der Waals surface area (Å²) in [6, 6.07) is 24.3. The van der Waals surface area contributed by atoms with E-state index in [1.54, 1.807) is 18.4 Å². The van der Waals surface area contributed by atoms with E-state index in [2.05, 4.69) is 29.3 Å². The Morgan fingerprint density at radius 2 is 1.80 bits per heavy atom. The molecule has 1 aliphatic rings. The Hall–Kier alpha value is -3.44. The number of aliphatic imine (C=N–C) groups is 1. The van der Waals surface area contributed by atoms with E-state index in [-0.39, 0.29) is 0 Å². The Labute approximate surface area is 179 Å². The summed E-state index contributed by atoms with van der Waals surface area (Å²) in [5.74, 6) is 1.73. The molecule has 4 nitrogen and oxygen atoms in total. The summed E-state index contributed by atoms with van der Waals surface area (Å²) in [5.41, 5.74) is 5.67. The van der Waals surface area contributed by atoms with Crippen molar-refractivity contribution >= 4 is 22.7 Å². The van der Waals surface area contributed by atoms with Crippen molar-refractivity contribution in [3.63, 3.8) is 0 Å². The van der Waals surface area contributed by atoms with Crippen molar-refractivity contribution in [2.75, 3.05) is 7.11 Å². The summed E-state index contributed by atoms with van der Waals surface area (Å²) in [6.07, 6.45) is 2.74.